The highest BCUT2D eigenvalue weighted by atomic mass is 32.2. The average Bonchev–Trinajstić information content (AvgIpc) is 2.86. The van der Waals surface area contributed by atoms with Crippen molar-refractivity contribution in [1.29, 1.82) is 0 Å². The maximum Gasteiger partial charge on any atom is 0.247 e. The number of methoxy groups -OCH3 is 1. The van der Waals surface area contributed by atoms with E-state index in [-0.39, 0.29) is 28.7 Å². The van der Waals surface area contributed by atoms with Crippen molar-refractivity contribution in [2.45, 2.75) is 24.3 Å². The maximum absolute atomic E-state index is 13.3. The van der Waals surface area contributed by atoms with Crippen molar-refractivity contribution in [3.8, 4) is 5.75 Å². The molecule has 1 heterocycles. The van der Waals surface area contributed by atoms with Gasteiger partial charge in [-0.1, -0.05) is 6.07 Å². The number of sulfonamides is 1. The summed E-state index contributed by atoms with van der Waals surface area (Å²) in [4.78, 5) is 1.96. The van der Waals surface area contributed by atoms with Gasteiger partial charge in [0.05, 0.1) is 18.6 Å². The molecule has 2 rings (SSSR count). The number of ether oxygens (including phenoxy) is 1. The summed E-state index contributed by atoms with van der Waals surface area (Å²) in [5.74, 6) is 0.158. The number of hydrogen-bond acceptors (Lipinski definition) is 6. The van der Waals surface area contributed by atoms with Crippen LogP contribution in [0, 0.1) is 6.92 Å². The molecule has 1 aliphatic heterocycles. The highest BCUT2D eigenvalue weighted by molar-refractivity contribution is 7.92. The van der Waals surface area contributed by atoms with E-state index in [4.69, 9.17) is 4.74 Å². The van der Waals surface area contributed by atoms with Crippen molar-refractivity contribution in [3.05, 3.63) is 23.8 Å². The van der Waals surface area contributed by atoms with Gasteiger partial charge in [-0.3, -0.25) is 0 Å². The van der Waals surface area contributed by atoms with Gasteiger partial charge in [0.2, 0.25) is 10.0 Å². The molecule has 0 unspecified atom stereocenters. The van der Waals surface area contributed by atoms with Gasteiger partial charge in [0, 0.05) is 19.1 Å². The van der Waals surface area contributed by atoms with Crippen LogP contribution in [0.1, 0.15) is 12.0 Å². The Morgan fingerprint density at radius 2 is 1.92 bits per heavy atom. The van der Waals surface area contributed by atoms with Gasteiger partial charge in [-0.05, 0) is 45.1 Å². The Morgan fingerprint density at radius 3 is 2.44 bits per heavy atom. The molecule has 0 radical (unpaired) electrons. The van der Waals surface area contributed by atoms with Crippen molar-refractivity contribution in [1.82, 2.24) is 9.21 Å². The Hall–Kier alpha value is -1.16. The summed E-state index contributed by atoms with van der Waals surface area (Å²) in [6.07, 6.45) is 0.323. The van der Waals surface area contributed by atoms with E-state index >= 15 is 0 Å². The summed E-state index contributed by atoms with van der Waals surface area (Å²) < 4.78 is 56.9. The molecule has 25 heavy (non-hydrogen) atoms. The van der Waals surface area contributed by atoms with Crippen LogP contribution in [0.3, 0.4) is 0 Å². The maximum atomic E-state index is 13.3. The van der Waals surface area contributed by atoms with Gasteiger partial charge in [-0.2, -0.15) is 4.31 Å². The number of aryl methyl sites for hydroxylation is 1. The number of hydrogen-bond donors (Lipinski definition) is 0. The Balaban J connectivity index is 2.46. The van der Waals surface area contributed by atoms with Crippen molar-refractivity contribution < 1.29 is 21.6 Å². The zero-order valence-corrected chi connectivity index (χ0v) is 16.7. The first-order valence-corrected chi connectivity index (χ1v) is 11.3. The predicted molar refractivity (Wildman–Crippen MR) is 97.2 cm³/mol. The fourth-order valence-electron chi connectivity index (χ4n) is 2.91. The summed E-state index contributed by atoms with van der Waals surface area (Å²) in [7, 11) is -1.95. The standard InChI is InChI=1S/C16H26N2O5S2/c1-13-5-6-15(23-4)16(11-13)25(21,22)18(9-8-17(2)3)14-7-10-24(19,20)12-14/h5-6,11,14H,7-10,12H2,1-4H3/t14-/m1/s1. The molecule has 1 atom stereocenters. The summed E-state index contributed by atoms with van der Waals surface area (Å²) in [6, 6.07) is 4.43. The largest absolute Gasteiger partial charge is 0.495 e. The van der Waals surface area contributed by atoms with E-state index in [2.05, 4.69) is 0 Å². The Labute approximate surface area is 150 Å². The van der Waals surface area contributed by atoms with Gasteiger partial charge in [-0.15, -0.1) is 0 Å². The zero-order chi connectivity index (χ0) is 18.8. The molecule has 9 heteroatoms. The third-order valence-corrected chi connectivity index (χ3v) is 8.01. The molecular formula is C16H26N2O5S2. The highest BCUT2D eigenvalue weighted by Gasteiger charge is 2.39. The van der Waals surface area contributed by atoms with Crippen molar-refractivity contribution >= 4 is 19.9 Å². The van der Waals surface area contributed by atoms with Crippen LogP contribution in [0.2, 0.25) is 0 Å². The summed E-state index contributed by atoms with van der Waals surface area (Å²) in [5, 5.41) is 0. The topological polar surface area (TPSA) is 84.0 Å². The summed E-state index contributed by atoms with van der Waals surface area (Å²) in [5.41, 5.74) is 0.797. The molecule has 142 valence electrons. The van der Waals surface area contributed by atoms with Crippen molar-refractivity contribution in [2.24, 2.45) is 0 Å². The van der Waals surface area contributed by atoms with Gasteiger partial charge in [-0.25, -0.2) is 16.8 Å². The van der Waals surface area contributed by atoms with E-state index in [9.17, 15) is 16.8 Å². The molecule has 7 nitrogen and oxygen atoms in total. The van der Waals surface area contributed by atoms with Crippen LogP contribution in [0.4, 0.5) is 0 Å². The van der Waals surface area contributed by atoms with E-state index in [1.165, 1.54) is 11.4 Å². The van der Waals surface area contributed by atoms with Crippen LogP contribution >= 0.6 is 0 Å². The molecule has 1 aromatic rings. The van der Waals surface area contributed by atoms with Crippen LogP contribution in [0.15, 0.2) is 23.1 Å². The number of nitrogens with zero attached hydrogens (tertiary/aromatic N) is 2. The second-order valence-electron chi connectivity index (χ2n) is 6.63. The van der Waals surface area contributed by atoms with E-state index in [0.717, 1.165) is 5.56 Å². The van der Waals surface area contributed by atoms with Crippen molar-refractivity contribution in [3.63, 3.8) is 0 Å². The van der Waals surface area contributed by atoms with Crippen molar-refractivity contribution in [2.75, 3.05) is 45.8 Å². The smallest absolute Gasteiger partial charge is 0.247 e. The predicted octanol–water partition coefficient (Wildman–Crippen LogP) is 0.743. The van der Waals surface area contributed by atoms with Gasteiger partial charge in [0.1, 0.15) is 10.6 Å². The number of likely N-dealkylation sites (N-methyl/N-ethyl adjacent to an activating group) is 1. The number of sulfone groups is 1. The molecule has 1 saturated heterocycles. The molecule has 0 aliphatic carbocycles. The fourth-order valence-corrected chi connectivity index (χ4v) is 6.62. The molecule has 1 aromatic carbocycles. The third-order valence-electron chi connectivity index (χ3n) is 4.29. The first kappa shape index (κ1) is 20.2. The molecule has 0 N–H and O–H groups in total. The first-order chi connectivity index (χ1) is 11.6. The Bertz CT molecular complexity index is 819. The van der Waals surface area contributed by atoms with Gasteiger partial charge in [0.15, 0.2) is 9.84 Å². The van der Waals surface area contributed by atoms with E-state index in [1.807, 2.05) is 25.9 Å². The monoisotopic (exact) mass is 390 g/mol. The Kier molecular flexibility index (Phi) is 6.13. The molecule has 0 aromatic heterocycles. The quantitative estimate of drug-likeness (QED) is 0.683. The Morgan fingerprint density at radius 1 is 1.24 bits per heavy atom. The molecule has 0 spiro atoms. The normalized spacial score (nSPS) is 20.3. The van der Waals surface area contributed by atoms with Gasteiger partial charge in [0.25, 0.3) is 0 Å². The number of rotatable bonds is 7. The first-order valence-electron chi connectivity index (χ1n) is 8.08. The van der Waals surface area contributed by atoms with E-state index < -0.39 is 25.9 Å². The zero-order valence-electron chi connectivity index (χ0n) is 15.1. The van der Waals surface area contributed by atoms with Crippen LogP contribution in [-0.4, -0.2) is 77.9 Å². The highest BCUT2D eigenvalue weighted by Crippen LogP contribution is 2.31. The molecule has 0 amide bonds. The van der Waals surface area contributed by atoms with Gasteiger partial charge >= 0.3 is 0 Å². The minimum absolute atomic E-state index is 0.0244. The molecule has 0 saturated carbocycles. The fraction of sp³-hybridized carbons (Fsp3) is 0.625. The lowest BCUT2D eigenvalue weighted by atomic mass is 10.2. The number of benzene rings is 1. The third kappa shape index (κ3) is 4.72. The lowest BCUT2D eigenvalue weighted by Crippen LogP contribution is -2.44. The van der Waals surface area contributed by atoms with Crippen LogP contribution in [0.25, 0.3) is 0 Å². The summed E-state index contributed by atoms with van der Waals surface area (Å²) >= 11 is 0. The lowest BCUT2D eigenvalue weighted by molar-refractivity contribution is 0.292. The van der Waals surface area contributed by atoms with E-state index in [1.54, 1.807) is 18.2 Å². The molecule has 1 aliphatic rings. The summed E-state index contributed by atoms with van der Waals surface area (Å²) in [6.45, 7) is 2.54. The molecule has 0 bridgehead atoms. The molecule has 1 fully saturated rings. The minimum Gasteiger partial charge on any atom is -0.495 e. The van der Waals surface area contributed by atoms with E-state index in [0.29, 0.717) is 13.0 Å². The van der Waals surface area contributed by atoms with Crippen LogP contribution in [-0.2, 0) is 19.9 Å². The second-order valence-corrected chi connectivity index (χ2v) is 10.7. The lowest BCUT2D eigenvalue weighted by Gasteiger charge is -2.29. The average molecular weight is 391 g/mol. The molecular weight excluding hydrogens is 364 g/mol. The van der Waals surface area contributed by atoms with Gasteiger partial charge < -0.3 is 9.64 Å². The SMILES string of the molecule is COc1ccc(C)cc1S(=O)(=O)N(CCN(C)C)[C@@H]1CCS(=O)(=O)C1. The second kappa shape index (κ2) is 7.61. The van der Waals surface area contributed by atoms with Crippen LogP contribution in [0.5, 0.6) is 5.75 Å². The minimum atomic E-state index is -3.88. The van der Waals surface area contributed by atoms with Crippen LogP contribution < -0.4 is 4.74 Å².